The van der Waals surface area contributed by atoms with Gasteiger partial charge in [-0.25, -0.2) is 4.98 Å². The Hall–Kier alpha value is -1.88. The molecular weight excluding hydrogens is 302 g/mol. The van der Waals surface area contributed by atoms with Crippen molar-refractivity contribution in [3.05, 3.63) is 24.1 Å². The average Bonchev–Trinajstić information content (AvgIpc) is 3.35. The van der Waals surface area contributed by atoms with Gasteiger partial charge in [-0.2, -0.15) is 0 Å². The predicted molar refractivity (Wildman–Crippen MR) is 93.8 cm³/mol. The van der Waals surface area contributed by atoms with Crippen molar-refractivity contribution in [1.29, 1.82) is 0 Å². The Bertz CT molecular complexity index is 742. The summed E-state index contributed by atoms with van der Waals surface area (Å²) in [6.45, 7) is 0.590. The maximum absolute atomic E-state index is 12.5. The van der Waals surface area contributed by atoms with E-state index in [-0.39, 0.29) is 11.3 Å². The third-order valence-corrected chi connectivity index (χ3v) is 5.50. The number of oxazole rings is 1. The Kier molecular flexibility index (Phi) is 4.04. The van der Waals surface area contributed by atoms with E-state index in [9.17, 15) is 4.79 Å². The first-order valence-electron chi connectivity index (χ1n) is 9.08. The molecule has 2 aliphatic rings. The molecule has 0 aliphatic heterocycles. The normalized spacial score (nSPS) is 20.2. The predicted octanol–water partition coefficient (Wildman–Crippen LogP) is 3.94. The molecule has 0 atom stereocenters. The minimum Gasteiger partial charge on any atom is -0.440 e. The lowest BCUT2D eigenvalue weighted by Gasteiger charge is -2.35. The van der Waals surface area contributed by atoms with Crippen LogP contribution in [0.3, 0.4) is 0 Å². The number of rotatable bonds is 5. The summed E-state index contributed by atoms with van der Waals surface area (Å²) in [5, 5.41) is 3.01. The highest BCUT2D eigenvalue weighted by molar-refractivity contribution is 5.93. The molecule has 1 amide bonds. The first-order valence-corrected chi connectivity index (χ1v) is 9.08. The third kappa shape index (κ3) is 3.18. The Morgan fingerprint density at radius 2 is 2.08 bits per heavy atom. The number of benzene rings is 1. The van der Waals surface area contributed by atoms with Gasteiger partial charge in [-0.15, -0.1) is 0 Å². The number of nitrogens with zero attached hydrogens (tertiary/aromatic N) is 1. The van der Waals surface area contributed by atoms with Gasteiger partial charge in [0.2, 0.25) is 5.91 Å². The monoisotopic (exact) mass is 327 g/mol. The maximum atomic E-state index is 12.5. The molecular formula is C19H25N3O2. The van der Waals surface area contributed by atoms with Gasteiger partial charge in [-0.05, 0) is 49.8 Å². The van der Waals surface area contributed by atoms with Crippen LogP contribution in [0.2, 0.25) is 0 Å². The molecule has 0 unspecified atom stereocenters. The highest BCUT2D eigenvalue weighted by Crippen LogP contribution is 2.41. The standard InChI is InChI=1S/C19H25N3O2/c20-12-19(8-2-1-3-9-19)11-17(23)21-14-6-7-15-16(10-14)24-18(22-15)13-4-5-13/h6-7,10,13H,1-5,8-9,11-12,20H2,(H,21,23). The summed E-state index contributed by atoms with van der Waals surface area (Å²) in [5.41, 5.74) is 8.36. The average molecular weight is 327 g/mol. The second-order valence-corrected chi connectivity index (χ2v) is 7.50. The van der Waals surface area contributed by atoms with E-state index < -0.39 is 0 Å². The van der Waals surface area contributed by atoms with E-state index in [0.29, 0.717) is 18.9 Å². The third-order valence-electron chi connectivity index (χ3n) is 5.50. The number of nitrogens with two attached hydrogens (primary N) is 1. The van der Waals surface area contributed by atoms with Crippen LogP contribution in [-0.2, 0) is 4.79 Å². The van der Waals surface area contributed by atoms with Crippen molar-refractivity contribution < 1.29 is 9.21 Å². The molecule has 128 valence electrons. The fourth-order valence-corrected chi connectivity index (χ4v) is 3.83. The van der Waals surface area contributed by atoms with Gasteiger partial charge in [0.05, 0.1) is 0 Å². The number of carbonyl (C=O) groups is 1. The molecule has 2 aromatic rings. The zero-order chi connectivity index (χ0) is 16.6. The Morgan fingerprint density at radius 3 is 2.79 bits per heavy atom. The zero-order valence-corrected chi connectivity index (χ0v) is 14.0. The molecule has 1 aromatic carbocycles. The molecule has 2 fully saturated rings. The number of hydrogen-bond donors (Lipinski definition) is 2. The summed E-state index contributed by atoms with van der Waals surface area (Å²) < 4.78 is 5.82. The van der Waals surface area contributed by atoms with Gasteiger partial charge in [0, 0.05) is 24.1 Å². The van der Waals surface area contributed by atoms with Gasteiger partial charge < -0.3 is 15.5 Å². The Morgan fingerprint density at radius 1 is 1.29 bits per heavy atom. The minimum absolute atomic E-state index is 0.0161. The van der Waals surface area contributed by atoms with Gasteiger partial charge in [0.1, 0.15) is 5.52 Å². The van der Waals surface area contributed by atoms with Crippen molar-refractivity contribution in [3.63, 3.8) is 0 Å². The molecule has 1 aromatic heterocycles. The molecule has 0 bridgehead atoms. The fraction of sp³-hybridized carbons (Fsp3) is 0.579. The molecule has 2 saturated carbocycles. The molecule has 5 heteroatoms. The summed E-state index contributed by atoms with van der Waals surface area (Å²) in [5.74, 6) is 1.37. The Balaban J connectivity index is 1.45. The molecule has 1 heterocycles. The molecule has 2 aliphatic carbocycles. The summed E-state index contributed by atoms with van der Waals surface area (Å²) in [7, 11) is 0. The van der Waals surface area contributed by atoms with E-state index >= 15 is 0 Å². The van der Waals surface area contributed by atoms with E-state index in [0.717, 1.165) is 48.4 Å². The van der Waals surface area contributed by atoms with Crippen LogP contribution >= 0.6 is 0 Å². The van der Waals surface area contributed by atoms with Crippen LogP contribution in [0.4, 0.5) is 5.69 Å². The van der Waals surface area contributed by atoms with Crippen LogP contribution in [-0.4, -0.2) is 17.4 Å². The van der Waals surface area contributed by atoms with E-state index in [2.05, 4.69) is 10.3 Å². The first kappa shape index (κ1) is 15.6. The van der Waals surface area contributed by atoms with E-state index in [1.54, 1.807) is 0 Å². The molecule has 3 N–H and O–H groups in total. The van der Waals surface area contributed by atoms with Gasteiger partial charge in [0.25, 0.3) is 0 Å². The molecule has 5 nitrogen and oxygen atoms in total. The molecule has 0 spiro atoms. The van der Waals surface area contributed by atoms with Crippen molar-refractivity contribution in [1.82, 2.24) is 4.98 Å². The highest BCUT2D eigenvalue weighted by Gasteiger charge is 2.33. The van der Waals surface area contributed by atoms with Crippen LogP contribution in [0.1, 0.15) is 63.2 Å². The van der Waals surface area contributed by atoms with Crippen molar-refractivity contribution in [3.8, 4) is 0 Å². The molecule has 4 rings (SSSR count). The summed E-state index contributed by atoms with van der Waals surface area (Å²) in [6.07, 6.45) is 8.57. The van der Waals surface area contributed by atoms with Gasteiger partial charge in [0.15, 0.2) is 11.5 Å². The topological polar surface area (TPSA) is 81.2 Å². The first-order chi connectivity index (χ1) is 11.7. The van der Waals surface area contributed by atoms with Gasteiger partial charge >= 0.3 is 0 Å². The van der Waals surface area contributed by atoms with Crippen molar-refractivity contribution >= 4 is 22.7 Å². The smallest absolute Gasteiger partial charge is 0.224 e. The van der Waals surface area contributed by atoms with E-state index in [1.807, 2.05) is 18.2 Å². The van der Waals surface area contributed by atoms with Gasteiger partial charge in [-0.3, -0.25) is 4.79 Å². The number of aromatic nitrogens is 1. The van der Waals surface area contributed by atoms with Crippen LogP contribution in [0.15, 0.2) is 22.6 Å². The van der Waals surface area contributed by atoms with Crippen molar-refractivity contribution in [2.75, 3.05) is 11.9 Å². The van der Waals surface area contributed by atoms with Crippen LogP contribution in [0, 0.1) is 5.41 Å². The van der Waals surface area contributed by atoms with Crippen molar-refractivity contribution in [2.24, 2.45) is 11.1 Å². The number of carbonyl (C=O) groups excluding carboxylic acids is 1. The zero-order valence-electron chi connectivity index (χ0n) is 14.0. The largest absolute Gasteiger partial charge is 0.440 e. The summed E-state index contributed by atoms with van der Waals surface area (Å²) in [4.78, 5) is 17.0. The number of fused-ring (bicyclic) bond motifs is 1. The maximum Gasteiger partial charge on any atom is 0.224 e. The van der Waals surface area contributed by atoms with E-state index in [1.165, 1.54) is 19.3 Å². The van der Waals surface area contributed by atoms with E-state index in [4.69, 9.17) is 10.2 Å². The quantitative estimate of drug-likeness (QED) is 0.871. The molecule has 0 saturated heterocycles. The lowest BCUT2D eigenvalue weighted by atomic mass is 9.71. The summed E-state index contributed by atoms with van der Waals surface area (Å²) in [6, 6.07) is 5.69. The number of nitrogens with one attached hydrogen (secondary N) is 1. The minimum atomic E-state index is -0.0161. The van der Waals surface area contributed by atoms with Crippen LogP contribution < -0.4 is 11.1 Å². The second-order valence-electron chi connectivity index (χ2n) is 7.50. The number of hydrogen-bond acceptors (Lipinski definition) is 4. The highest BCUT2D eigenvalue weighted by atomic mass is 16.3. The van der Waals surface area contributed by atoms with Crippen LogP contribution in [0.5, 0.6) is 0 Å². The van der Waals surface area contributed by atoms with Crippen molar-refractivity contribution in [2.45, 2.75) is 57.3 Å². The number of amides is 1. The van der Waals surface area contributed by atoms with Gasteiger partial charge in [-0.1, -0.05) is 19.3 Å². The SMILES string of the molecule is NCC1(CC(=O)Nc2ccc3nc(C4CC4)oc3c2)CCCCC1. The second kappa shape index (κ2) is 6.20. The number of anilines is 1. The Labute approximate surface area is 142 Å². The fourth-order valence-electron chi connectivity index (χ4n) is 3.83. The summed E-state index contributed by atoms with van der Waals surface area (Å²) >= 11 is 0. The molecule has 0 radical (unpaired) electrons. The van der Waals surface area contributed by atoms with Crippen LogP contribution in [0.25, 0.3) is 11.1 Å². The lowest BCUT2D eigenvalue weighted by molar-refractivity contribution is -0.118. The lowest BCUT2D eigenvalue weighted by Crippen LogP contribution is -2.36. The molecule has 24 heavy (non-hydrogen) atoms.